The minimum Gasteiger partial charge on any atom is -0.478 e. The van der Waals surface area contributed by atoms with E-state index in [1.54, 1.807) is 18.2 Å². The molecule has 0 amide bonds. The predicted molar refractivity (Wildman–Crippen MR) is 87.9 cm³/mol. The molecule has 1 aromatic heterocycles. The number of anilines is 2. The van der Waals surface area contributed by atoms with Gasteiger partial charge in [0.15, 0.2) is 0 Å². The summed E-state index contributed by atoms with van der Waals surface area (Å²) in [7, 11) is 0. The highest BCUT2D eigenvalue weighted by molar-refractivity contribution is 5.98. The van der Waals surface area contributed by atoms with Crippen LogP contribution in [0.3, 0.4) is 0 Å². The Labute approximate surface area is 128 Å². The fourth-order valence-electron chi connectivity index (χ4n) is 2.50. The van der Waals surface area contributed by atoms with E-state index < -0.39 is 5.97 Å². The average molecular weight is 292 g/mol. The van der Waals surface area contributed by atoms with E-state index in [1.807, 2.05) is 44.2 Å². The molecule has 0 unspecified atom stereocenters. The number of benzene rings is 2. The summed E-state index contributed by atoms with van der Waals surface area (Å²) in [5, 5.41) is 13.5. The Bertz CT molecular complexity index is 872. The molecule has 0 saturated heterocycles. The molecule has 0 fully saturated rings. The number of carboxylic acids is 1. The molecule has 22 heavy (non-hydrogen) atoms. The zero-order valence-corrected chi connectivity index (χ0v) is 12.4. The highest BCUT2D eigenvalue weighted by Gasteiger charge is 2.11. The molecular weight excluding hydrogens is 276 g/mol. The average Bonchev–Trinajstić information content (AvgIpc) is 2.48. The van der Waals surface area contributed by atoms with Crippen molar-refractivity contribution >= 4 is 28.2 Å². The number of nitrogens with one attached hydrogen (secondary N) is 1. The fraction of sp³-hybridized carbons (Fsp3) is 0.111. The molecule has 0 aliphatic rings. The number of hydrogen-bond donors (Lipinski definition) is 2. The van der Waals surface area contributed by atoms with E-state index in [9.17, 15) is 9.90 Å². The van der Waals surface area contributed by atoms with Gasteiger partial charge in [0.2, 0.25) is 0 Å². The summed E-state index contributed by atoms with van der Waals surface area (Å²) in [6.07, 6.45) is 0. The van der Waals surface area contributed by atoms with E-state index in [4.69, 9.17) is 0 Å². The van der Waals surface area contributed by atoms with Crippen LogP contribution in [0.5, 0.6) is 0 Å². The Morgan fingerprint density at radius 3 is 2.59 bits per heavy atom. The van der Waals surface area contributed by atoms with Crippen molar-refractivity contribution in [2.45, 2.75) is 13.8 Å². The van der Waals surface area contributed by atoms with Gasteiger partial charge in [0, 0.05) is 16.8 Å². The number of hydrogen-bond acceptors (Lipinski definition) is 3. The van der Waals surface area contributed by atoms with Gasteiger partial charge in [-0.15, -0.1) is 0 Å². The molecule has 0 spiro atoms. The molecule has 0 aliphatic carbocycles. The highest BCUT2D eigenvalue weighted by atomic mass is 16.4. The zero-order chi connectivity index (χ0) is 15.7. The maximum absolute atomic E-state index is 11.3. The van der Waals surface area contributed by atoms with Gasteiger partial charge in [-0.3, -0.25) is 4.98 Å². The minimum atomic E-state index is -0.950. The van der Waals surface area contributed by atoms with Crippen LogP contribution >= 0.6 is 0 Å². The van der Waals surface area contributed by atoms with Gasteiger partial charge < -0.3 is 10.4 Å². The number of pyridine rings is 1. The van der Waals surface area contributed by atoms with E-state index in [0.717, 1.165) is 27.8 Å². The summed E-state index contributed by atoms with van der Waals surface area (Å²) in [5.74, 6) is -0.950. The number of nitrogens with zero attached hydrogens (tertiary/aromatic N) is 1. The van der Waals surface area contributed by atoms with Crippen LogP contribution in [0.4, 0.5) is 11.4 Å². The molecule has 110 valence electrons. The van der Waals surface area contributed by atoms with Crippen molar-refractivity contribution in [3.05, 3.63) is 65.4 Å². The lowest BCUT2D eigenvalue weighted by molar-refractivity contribution is 0.0698. The molecule has 4 heteroatoms. The van der Waals surface area contributed by atoms with Crippen LogP contribution in [0.2, 0.25) is 0 Å². The van der Waals surface area contributed by atoms with Crippen molar-refractivity contribution in [2.24, 2.45) is 0 Å². The van der Waals surface area contributed by atoms with Crippen LogP contribution in [0.1, 0.15) is 21.6 Å². The first-order valence-electron chi connectivity index (χ1n) is 7.02. The number of para-hydroxylation sites is 1. The Hall–Kier alpha value is -2.88. The minimum absolute atomic E-state index is 0.248. The molecule has 1 heterocycles. The van der Waals surface area contributed by atoms with Crippen LogP contribution in [0.25, 0.3) is 10.9 Å². The molecule has 0 bridgehead atoms. The summed E-state index contributed by atoms with van der Waals surface area (Å²) < 4.78 is 0. The normalized spacial score (nSPS) is 10.6. The third kappa shape index (κ3) is 2.63. The molecule has 0 aliphatic heterocycles. The summed E-state index contributed by atoms with van der Waals surface area (Å²) >= 11 is 0. The van der Waals surface area contributed by atoms with Crippen molar-refractivity contribution in [2.75, 3.05) is 5.32 Å². The maximum atomic E-state index is 11.3. The molecule has 3 rings (SSSR count). The molecule has 2 N–H and O–H groups in total. The molecule has 3 aromatic rings. The number of aromatic nitrogens is 1. The van der Waals surface area contributed by atoms with Gasteiger partial charge in [0.1, 0.15) is 0 Å². The summed E-state index contributed by atoms with van der Waals surface area (Å²) in [4.78, 5) is 15.9. The lowest BCUT2D eigenvalue weighted by atomic mass is 10.1. The lowest BCUT2D eigenvalue weighted by Gasteiger charge is -2.13. The van der Waals surface area contributed by atoms with Crippen molar-refractivity contribution in [1.82, 2.24) is 4.98 Å². The van der Waals surface area contributed by atoms with E-state index in [-0.39, 0.29) is 5.56 Å². The first-order chi connectivity index (χ1) is 10.5. The Morgan fingerprint density at radius 1 is 1.05 bits per heavy atom. The van der Waals surface area contributed by atoms with Crippen molar-refractivity contribution < 1.29 is 9.90 Å². The highest BCUT2D eigenvalue weighted by Crippen LogP contribution is 2.28. The third-order valence-electron chi connectivity index (χ3n) is 3.52. The van der Waals surface area contributed by atoms with Gasteiger partial charge in [-0.2, -0.15) is 0 Å². The topological polar surface area (TPSA) is 62.2 Å². The quantitative estimate of drug-likeness (QED) is 0.755. The Morgan fingerprint density at radius 2 is 1.82 bits per heavy atom. The van der Waals surface area contributed by atoms with Crippen molar-refractivity contribution in [3.8, 4) is 0 Å². The van der Waals surface area contributed by atoms with Crippen molar-refractivity contribution in [1.29, 1.82) is 0 Å². The SMILES string of the molecule is Cc1ccc2nc(C)cc(Nc3ccccc3C(=O)O)c2c1. The zero-order valence-electron chi connectivity index (χ0n) is 12.4. The first kappa shape index (κ1) is 14.1. The van der Waals surface area contributed by atoms with Gasteiger partial charge >= 0.3 is 5.97 Å². The fourth-order valence-corrected chi connectivity index (χ4v) is 2.50. The summed E-state index contributed by atoms with van der Waals surface area (Å²) in [6, 6.07) is 14.9. The van der Waals surface area contributed by atoms with Crippen molar-refractivity contribution in [3.63, 3.8) is 0 Å². The molecule has 4 nitrogen and oxygen atoms in total. The number of carbonyl (C=O) groups is 1. The van der Waals surface area contributed by atoms with Gasteiger partial charge in [-0.1, -0.05) is 23.8 Å². The largest absolute Gasteiger partial charge is 0.478 e. The second kappa shape index (κ2) is 5.48. The second-order valence-corrected chi connectivity index (χ2v) is 5.31. The van der Waals surface area contributed by atoms with Crippen LogP contribution in [-0.2, 0) is 0 Å². The van der Waals surface area contributed by atoms with E-state index >= 15 is 0 Å². The van der Waals surface area contributed by atoms with Crippen LogP contribution in [0, 0.1) is 13.8 Å². The van der Waals surface area contributed by atoms with Crippen LogP contribution in [0.15, 0.2) is 48.5 Å². The number of aromatic carboxylic acids is 1. The van der Waals surface area contributed by atoms with E-state index in [2.05, 4.69) is 10.3 Å². The number of rotatable bonds is 3. The molecule has 0 atom stereocenters. The summed E-state index contributed by atoms with van der Waals surface area (Å²) in [5.41, 5.74) is 4.58. The first-order valence-corrected chi connectivity index (χ1v) is 7.02. The smallest absolute Gasteiger partial charge is 0.337 e. The molecular formula is C18H16N2O2. The predicted octanol–water partition coefficient (Wildman–Crippen LogP) is 4.29. The standard InChI is InChI=1S/C18H16N2O2/c1-11-7-8-16-14(9-11)17(10-12(2)19-16)20-15-6-4-3-5-13(15)18(21)22/h3-10H,1-2H3,(H,19,20)(H,21,22). The van der Waals surface area contributed by atoms with Gasteiger partial charge in [0.25, 0.3) is 0 Å². The van der Waals surface area contributed by atoms with Crippen LogP contribution < -0.4 is 5.32 Å². The maximum Gasteiger partial charge on any atom is 0.337 e. The Balaban J connectivity index is 2.15. The molecule has 0 saturated carbocycles. The molecule has 2 aromatic carbocycles. The van der Waals surface area contributed by atoms with Crippen LogP contribution in [-0.4, -0.2) is 16.1 Å². The lowest BCUT2D eigenvalue weighted by Crippen LogP contribution is -2.03. The van der Waals surface area contributed by atoms with Gasteiger partial charge in [-0.25, -0.2) is 4.79 Å². The van der Waals surface area contributed by atoms with E-state index in [1.165, 1.54) is 0 Å². The monoisotopic (exact) mass is 292 g/mol. The van der Waals surface area contributed by atoms with E-state index in [0.29, 0.717) is 5.69 Å². The second-order valence-electron chi connectivity index (χ2n) is 5.31. The van der Waals surface area contributed by atoms with Gasteiger partial charge in [-0.05, 0) is 44.2 Å². The Kier molecular flexibility index (Phi) is 3.51. The van der Waals surface area contributed by atoms with Gasteiger partial charge in [0.05, 0.1) is 16.8 Å². The third-order valence-corrected chi connectivity index (χ3v) is 3.52. The number of aryl methyl sites for hydroxylation is 2. The number of carboxylic acid groups (broad SMARTS) is 1. The summed E-state index contributed by atoms with van der Waals surface area (Å²) in [6.45, 7) is 3.95. The molecule has 0 radical (unpaired) electrons. The number of fused-ring (bicyclic) bond motifs is 1.